The fraction of sp³-hybridized carbons (Fsp3) is 0.643. The highest BCUT2D eigenvalue weighted by Crippen LogP contribution is 2.26. The third-order valence-corrected chi connectivity index (χ3v) is 5.61. The van der Waals surface area contributed by atoms with Crippen LogP contribution in [0.1, 0.15) is 134 Å². The van der Waals surface area contributed by atoms with Gasteiger partial charge in [-0.05, 0) is 12.1 Å². The van der Waals surface area contributed by atoms with E-state index in [9.17, 15) is 9.59 Å². The molecule has 0 unspecified atom stereocenters. The zero-order valence-corrected chi connectivity index (χ0v) is 25.4. The fourth-order valence-corrected chi connectivity index (χ4v) is 3.01. The summed E-state index contributed by atoms with van der Waals surface area (Å²) in [6.45, 7) is 26.4. The minimum atomic E-state index is -0.164. The fourth-order valence-electron chi connectivity index (χ4n) is 2.73. The van der Waals surface area contributed by atoms with Crippen LogP contribution in [0, 0.1) is 0 Å². The monoisotopic (exact) mass is 546 g/mol. The molecular formula is C28H43BrN4O2. The minimum Gasteiger partial charge on any atom is -0.293 e. The van der Waals surface area contributed by atoms with Gasteiger partial charge in [0, 0.05) is 28.6 Å². The zero-order chi connectivity index (χ0) is 27.6. The zero-order valence-electron chi connectivity index (χ0n) is 23.8. The summed E-state index contributed by atoms with van der Waals surface area (Å²) in [5, 5.41) is 0.289. The molecule has 7 heteroatoms. The number of halogens is 1. The van der Waals surface area contributed by atoms with Gasteiger partial charge in [0.25, 0.3) is 0 Å². The number of hydrogen-bond donors (Lipinski definition) is 0. The Balaban J connectivity index is 0.000000351. The maximum Gasteiger partial charge on any atom is 0.191 e. The molecule has 0 radical (unpaired) electrons. The van der Waals surface area contributed by atoms with Gasteiger partial charge in [-0.1, -0.05) is 99.0 Å². The minimum absolute atomic E-state index is 0.00611. The Hall–Kier alpha value is -2.02. The highest BCUT2D eigenvalue weighted by Gasteiger charge is 2.26. The Bertz CT molecular complexity index is 1000. The summed E-state index contributed by atoms with van der Waals surface area (Å²) in [6.07, 6.45) is 0. The van der Waals surface area contributed by atoms with Gasteiger partial charge in [-0.15, -0.1) is 0 Å². The molecule has 0 saturated carbocycles. The smallest absolute Gasteiger partial charge is 0.191 e. The molecule has 0 fully saturated rings. The molecule has 2 aromatic heterocycles. The van der Waals surface area contributed by atoms with Crippen molar-refractivity contribution in [1.29, 1.82) is 0 Å². The van der Waals surface area contributed by atoms with Crippen molar-refractivity contribution in [3.05, 3.63) is 46.6 Å². The molecule has 2 aromatic rings. The van der Waals surface area contributed by atoms with E-state index in [4.69, 9.17) is 0 Å². The van der Waals surface area contributed by atoms with Gasteiger partial charge in [-0.3, -0.25) is 9.59 Å². The molecule has 0 N–H and O–H groups in total. The summed E-state index contributed by atoms with van der Waals surface area (Å²) in [6, 6.07) is 3.61. The molecule has 2 rings (SSSR count). The predicted molar refractivity (Wildman–Crippen MR) is 147 cm³/mol. The van der Waals surface area contributed by atoms with E-state index in [-0.39, 0.29) is 38.6 Å². The number of nitrogens with zero attached hydrogens (tertiary/aromatic N) is 4. The van der Waals surface area contributed by atoms with E-state index in [0.717, 1.165) is 23.0 Å². The summed E-state index contributed by atoms with van der Waals surface area (Å²) in [7, 11) is 0. The lowest BCUT2D eigenvalue weighted by atomic mass is 9.89. The van der Waals surface area contributed by atoms with Crippen molar-refractivity contribution in [3.63, 3.8) is 0 Å². The summed E-state index contributed by atoms with van der Waals surface area (Å²) in [5.41, 5.74) is 2.35. The molecule has 194 valence electrons. The average Bonchev–Trinajstić information content (AvgIpc) is 2.70. The second-order valence-corrected chi connectivity index (χ2v) is 13.6. The lowest BCUT2D eigenvalue weighted by molar-refractivity contribution is 0.100. The summed E-state index contributed by atoms with van der Waals surface area (Å²) >= 11 is 3.19. The Morgan fingerprint density at radius 2 is 0.971 bits per heavy atom. The number of rotatable bonds is 3. The van der Waals surface area contributed by atoms with Gasteiger partial charge in [-0.25, -0.2) is 19.9 Å². The van der Waals surface area contributed by atoms with Crippen LogP contribution in [0.25, 0.3) is 0 Å². The first kappa shape index (κ1) is 31.0. The Morgan fingerprint density at radius 1 is 0.629 bits per heavy atom. The van der Waals surface area contributed by atoms with Crippen LogP contribution < -0.4 is 0 Å². The number of ketones is 2. The van der Waals surface area contributed by atoms with E-state index in [1.807, 2.05) is 0 Å². The molecule has 2 heterocycles. The van der Waals surface area contributed by atoms with Gasteiger partial charge in [0.1, 0.15) is 23.0 Å². The summed E-state index contributed by atoms with van der Waals surface area (Å²) in [5.74, 6) is 1.44. The standard InChI is InChI=1S/C14H21BrN2O.C14H22N2O/c1-13(2,3)11-7-9(10(18)8-15)16-12(17-11)14(4,5)6;1-9(17)10-8-11(13(2,3)4)16-12(15-10)14(5,6)7/h7H,8H2,1-6H3;8H,1-7H3. The normalized spacial score (nSPS) is 12.6. The number of alkyl halides is 1. The topological polar surface area (TPSA) is 85.7 Å². The Morgan fingerprint density at radius 3 is 1.26 bits per heavy atom. The lowest BCUT2D eigenvalue weighted by Gasteiger charge is -2.23. The van der Waals surface area contributed by atoms with Crippen LogP contribution in [0.4, 0.5) is 0 Å². The molecule has 0 atom stereocenters. The number of hydrogen-bond acceptors (Lipinski definition) is 6. The number of Topliss-reactive ketones (excluding diaryl/α,β-unsaturated/α-hetero) is 2. The quantitative estimate of drug-likeness (QED) is 0.306. The summed E-state index contributed by atoms with van der Waals surface area (Å²) < 4.78 is 0. The van der Waals surface area contributed by atoms with Gasteiger partial charge in [-0.2, -0.15) is 0 Å². The molecule has 0 aliphatic carbocycles. The molecule has 0 bridgehead atoms. The van der Waals surface area contributed by atoms with Crippen LogP contribution in [0.5, 0.6) is 0 Å². The van der Waals surface area contributed by atoms with Crippen LogP contribution >= 0.6 is 15.9 Å². The van der Waals surface area contributed by atoms with Crippen molar-refractivity contribution in [1.82, 2.24) is 19.9 Å². The van der Waals surface area contributed by atoms with E-state index in [0.29, 0.717) is 11.4 Å². The van der Waals surface area contributed by atoms with Crippen molar-refractivity contribution < 1.29 is 9.59 Å². The molecule has 0 saturated heterocycles. The first-order chi connectivity index (χ1) is 15.6. The molecule has 6 nitrogen and oxygen atoms in total. The van der Waals surface area contributed by atoms with Crippen LogP contribution in [0.2, 0.25) is 0 Å². The molecular weight excluding hydrogens is 504 g/mol. The van der Waals surface area contributed by atoms with E-state index in [1.165, 1.54) is 0 Å². The van der Waals surface area contributed by atoms with Gasteiger partial charge in [0.2, 0.25) is 0 Å². The molecule has 0 aliphatic heterocycles. The first-order valence-corrected chi connectivity index (χ1v) is 13.1. The van der Waals surface area contributed by atoms with Crippen molar-refractivity contribution >= 4 is 27.5 Å². The highest BCUT2D eigenvalue weighted by molar-refractivity contribution is 9.09. The second-order valence-electron chi connectivity index (χ2n) is 13.0. The molecule has 35 heavy (non-hydrogen) atoms. The second kappa shape index (κ2) is 10.9. The van der Waals surface area contributed by atoms with E-state index in [2.05, 4.69) is 119 Å². The van der Waals surface area contributed by atoms with Gasteiger partial charge >= 0.3 is 0 Å². The largest absolute Gasteiger partial charge is 0.293 e. The Labute approximate surface area is 220 Å². The SMILES string of the molecule is CC(=O)c1cc(C(C)(C)C)nc(C(C)(C)C)n1.CC(C)(C)c1cc(C(=O)CBr)nc(C(C)(C)C)n1. The van der Waals surface area contributed by atoms with Crippen LogP contribution in [-0.4, -0.2) is 36.8 Å². The molecule has 0 aliphatic rings. The molecule has 0 aromatic carbocycles. The summed E-state index contributed by atoms with van der Waals surface area (Å²) in [4.78, 5) is 41.3. The molecule has 0 spiro atoms. The van der Waals surface area contributed by atoms with Gasteiger partial charge in [0.15, 0.2) is 11.6 Å². The third kappa shape index (κ3) is 9.17. The van der Waals surface area contributed by atoms with E-state index >= 15 is 0 Å². The van der Waals surface area contributed by atoms with Gasteiger partial charge < -0.3 is 0 Å². The van der Waals surface area contributed by atoms with Crippen molar-refractivity contribution in [2.24, 2.45) is 0 Å². The van der Waals surface area contributed by atoms with Crippen LogP contribution in [-0.2, 0) is 21.7 Å². The number of carbonyl (C=O) groups is 2. The number of aromatic nitrogens is 4. The van der Waals surface area contributed by atoms with Crippen LogP contribution in [0.3, 0.4) is 0 Å². The molecule has 0 amide bonds. The highest BCUT2D eigenvalue weighted by atomic mass is 79.9. The lowest BCUT2D eigenvalue weighted by Crippen LogP contribution is -2.24. The van der Waals surface area contributed by atoms with Crippen LogP contribution in [0.15, 0.2) is 12.1 Å². The van der Waals surface area contributed by atoms with E-state index < -0.39 is 0 Å². The average molecular weight is 548 g/mol. The maximum absolute atomic E-state index is 11.8. The predicted octanol–water partition coefficient (Wildman–Crippen LogP) is 6.92. The van der Waals surface area contributed by atoms with Crippen molar-refractivity contribution in [2.45, 2.75) is 112 Å². The first-order valence-electron chi connectivity index (χ1n) is 12.0. The van der Waals surface area contributed by atoms with Crippen molar-refractivity contribution in [3.8, 4) is 0 Å². The Kier molecular flexibility index (Phi) is 9.69. The number of carbonyl (C=O) groups excluding carboxylic acids is 2. The third-order valence-electron chi connectivity index (χ3n) is 5.10. The maximum atomic E-state index is 11.8. The van der Waals surface area contributed by atoms with Crippen molar-refractivity contribution in [2.75, 3.05) is 5.33 Å². The van der Waals surface area contributed by atoms with E-state index in [1.54, 1.807) is 19.1 Å². The van der Waals surface area contributed by atoms with Gasteiger partial charge in [0.05, 0.1) is 16.7 Å².